The number of esters is 1. The van der Waals surface area contributed by atoms with Gasteiger partial charge in [-0.2, -0.15) is 5.10 Å². The number of ether oxygens (including phenoxy) is 3. The first-order chi connectivity index (χ1) is 18.9. The Bertz CT molecular complexity index is 1450. The Morgan fingerprint density at radius 1 is 0.975 bits per heavy atom. The number of hydrogen-bond acceptors (Lipinski definition) is 8. The number of hydrogen-bond donors (Lipinski definition) is 1. The number of benzene rings is 3. The molecule has 11 heteroatoms. The summed E-state index contributed by atoms with van der Waals surface area (Å²) < 4.78 is 44.1. The molecule has 3 aromatic rings. The average Bonchev–Trinajstić information content (AvgIpc) is 2.90. The van der Waals surface area contributed by atoms with Crippen molar-refractivity contribution in [3.05, 3.63) is 83.9 Å². The van der Waals surface area contributed by atoms with Crippen molar-refractivity contribution in [2.24, 2.45) is 5.10 Å². The fourth-order valence-electron chi connectivity index (χ4n) is 3.48. The summed E-state index contributed by atoms with van der Waals surface area (Å²) >= 11 is 0. The molecular weight excluding hydrogens is 534 g/mol. The van der Waals surface area contributed by atoms with E-state index in [-0.39, 0.29) is 17.2 Å². The van der Waals surface area contributed by atoms with Crippen molar-refractivity contribution in [3.63, 3.8) is 0 Å². The van der Waals surface area contributed by atoms with Crippen LogP contribution in [0.25, 0.3) is 0 Å². The van der Waals surface area contributed by atoms with E-state index < -0.39 is 34.0 Å². The maximum atomic E-state index is 13.5. The predicted octanol–water partition coefficient (Wildman–Crippen LogP) is 4.07. The van der Waals surface area contributed by atoms with Gasteiger partial charge in [-0.1, -0.05) is 29.8 Å². The molecule has 0 atom stereocenters. The van der Waals surface area contributed by atoms with Crippen LogP contribution in [0.4, 0.5) is 5.69 Å². The molecule has 1 N–H and O–H groups in total. The molecule has 0 aliphatic heterocycles. The third kappa shape index (κ3) is 8.57. The molecular formula is C29H33N3O7S. The van der Waals surface area contributed by atoms with Crippen LogP contribution in [-0.2, 0) is 24.3 Å². The Kier molecular flexibility index (Phi) is 9.89. The minimum Gasteiger partial charge on any atom is -0.495 e. The quantitative estimate of drug-likeness (QED) is 0.210. The molecule has 0 saturated carbocycles. The van der Waals surface area contributed by atoms with Gasteiger partial charge in [0.2, 0.25) is 0 Å². The molecule has 0 radical (unpaired) electrons. The summed E-state index contributed by atoms with van der Waals surface area (Å²) in [6.07, 6.45) is 1.40. The van der Waals surface area contributed by atoms with E-state index in [0.717, 1.165) is 9.87 Å². The van der Waals surface area contributed by atoms with Gasteiger partial charge < -0.3 is 14.2 Å². The lowest BCUT2D eigenvalue weighted by Crippen LogP contribution is -2.39. The van der Waals surface area contributed by atoms with Gasteiger partial charge in [0.05, 0.1) is 23.9 Å². The molecule has 0 saturated heterocycles. The summed E-state index contributed by atoms with van der Waals surface area (Å²) in [4.78, 5) is 24.7. The second kappa shape index (κ2) is 13.1. The summed E-state index contributed by atoms with van der Waals surface area (Å²) in [5, 5.41) is 3.95. The largest absolute Gasteiger partial charge is 0.495 e. The number of aryl methyl sites for hydroxylation is 1. The third-order valence-corrected chi connectivity index (χ3v) is 7.08. The average molecular weight is 568 g/mol. The molecule has 0 fully saturated rings. The molecule has 3 rings (SSSR count). The number of nitrogens with one attached hydrogen (secondary N) is 1. The summed E-state index contributed by atoms with van der Waals surface area (Å²) in [6, 6.07) is 19.6. The van der Waals surface area contributed by atoms with Gasteiger partial charge in [0.1, 0.15) is 23.6 Å². The first-order valence-electron chi connectivity index (χ1n) is 12.4. The highest BCUT2D eigenvalue weighted by Gasteiger charge is 2.29. The molecule has 0 aliphatic carbocycles. The number of carbonyl (C=O) groups excluding carboxylic acids is 2. The highest BCUT2D eigenvalue weighted by Crippen LogP contribution is 2.32. The minimum absolute atomic E-state index is 0.0364. The van der Waals surface area contributed by atoms with E-state index in [1.54, 1.807) is 81.4 Å². The van der Waals surface area contributed by atoms with E-state index in [1.165, 1.54) is 25.5 Å². The molecule has 10 nitrogen and oxygen atoms in total. The number of carbonyl (C=O) groups is 2. The van der Waals surface area contributed by atoms with Gasteiger partial charge in [0.25, 0.3) is 15.9 Å². The van der Waals surface area contributed by atoms with Crippen molar-refractivity contribution in [2.75, 3.05) is 24.6 Å². The summed E-state index contributed by atoms with van der Waals surface area (Å²) in [5.41, 5.74) is 3.52. The fourth-order valence-corrected chi connectivity index (χ4v) is 4.91. The Labute approximate surface area is 234 Å². The normalized spacial score (nSPS) is 11.6. The summed E-state index contributed by atoms with van der Waals surface area (Å²) in [5.74, 6) is -0.383. The maximum Gasteiger partial charge on any atom is 0.344 e. The number of hydrazone groups is 1. The SMILES string of the molecule is COc1ccccc1N(CC(=O)N/N=C/c1ccc(OCC(=O)OC(C)(C)C)cc1)S(=O)(=O)c1ccc(C)cc1. The molecule has 3 aromatic carbocycles. The Balaban J connectivity index is 1.68. The van der Waals surface area contributed by atoms with Crippen molar-refractivity contribution >= 4 is 33.8 Å². The Morgan fingerprint density at radius 2 is 1.62 bits per heavy atom. The van der Waals surface area contributed by atoms with Gasteiger partial charge in [-0.15, -0.1) is 0 Å². The molecule has 212 valence electrons. The minimum atomic E-state index is -4.11. The zero-order chi connectivity index (χ0) is 29.3. The molecule has 1 amide bonds. The number of methoxy groups -OCH3 is 1. The van der Waals surface area contributed by atoms with Crippen molar-refractivity contribution < 1.29 is 32.2 Å². The van der Waals surface area contributed by atoms with Gasteiger partial charge in [-0.3, -0.25) is 9.10 Å². The van der Waals surface area contributed by atoms with E-state index in [9.17, 15) is 18.0 Å². The molecule has 0 unspecified atom stereocenters. The number of anilines is 1. The number of para-hydroxylation sites is 2. The third-order valence-electron chi connectivity index (χ3n) is 5.31. The topological polar surface area (TPSA) is 124 Å². The molecule has 0 heterocycles. The van der Waals surface area contributed by atoms with Crippen LogP contribution >= 0.6 is 0 Å². The summed E-state index contributed by atoms with van der Waals surface area (Å²) in [6.45, 7) is 6.41. The van der Waals surface area contributed by atoms with Gasteiger partial charge in [0.15, 0.2) is 6.61 Å². The highest BCUT2D eigenvalue weighted by atomic mass is 32.2. The van der Waals surface area contributed by atoms with Crippen molar-refractivity contribution in [2.45, 2.75) is 38.2 Å². The smallest absolute Gasteiger partial charge is 0.344 e. The van der Waals surface area contributed by atoms with Crippen LogP contribution in [0.1, 0.15) is 31.9 Å². The zero-order valence-corrected chi connectivity index (χ0v) is 23.9. The standard InChI is InChI=1S/C29H33N3O7S/c1-21-10-16-24(17-11-21)40(35,36)32(25-8-6-7-9-26(25)37-5)19-27(33)31-30-18-22-12-14-23(15-13-22)38-20-28(34)39-29(2,3)4/h6-18H,19-20H2,1-5H3,(H,31,33)/b30-18+. The van der Waals surface area contributed by atoms with Crippen LogP contribution in [0.3, 0.4) is 0 Å². The fraction of sp³-hybridized carbons (Fsp3) is 0.276. The lowest BCUT2D eigenvalue weighted by atomic mass is 10.2. The maximum absolute atomic E-state index is 13.5. The van der Waals surface area contributed by atoms with Crippen LogP contribution in [0, 0.1) is 6.92 Å². The van der Waals surface area contributed by atoms with Gasteiger partial charge in [-0.05, 0) is 81.8 Å². The molecule has 0 bridgehead atoms. The van der Waals surface area contributed by atoms with E-state index >= 15 is 0 Å². The van der Waals surface area contributed by atoms with Crippen molar-refractivity contribution in [3.8, 4) is 11.5 Å². The van der Waals surface area contributed by atoms with Crippen LogP contribution in [0.2, 0.25) is 0 Å². The Morgan fingerprint density at radius 3 is 2.25 bits per heavy atom. The molecule has 40 heavy (non-hydrogen) atoms. The number of nitrogens with zero attached hydrogens (tertiary/aromatic N) is 2. The second-order valence-corrected chi connectivity index (χ2v) is 11.6. The molecule has 0 spiro atoms. The molecule has 0 aromatic heterocycles. The monoisotopic (exact) mass is 567 g/mol. The van der Waals surface area contributed by atoms with Crippen LogP contribution in [0.15, 0.2) is 82.8 Å². The predicted molar refractivity (Wildman–Crippen MR) is 152 cm³/mol. The Hall–Kier alpha value is -4.38. The number of rotatable bonds is 11. The number of sulfonamides is 1. The lowest BCUT2D eigenvalue weighted by Gasteiger charge is -2.25. The van der Waals surface area contributed by atoms with Crippen molar-refractivity contribution in [1.82, 2.24) is 5.43 Å². The zero-order valence-electron chi connectivity index (χ0n) is 23.1. The van der Waals surface area contributed by atoms with E-state index in [4.69, 9.17) is 14.2 Å². The van der Waals surface area contributed by atoms with Gasteiger partial charge in [0, 0.05) is 0 Å². The first kappa shape index (κ1) is 30.2. The summed E-state index contributed by atoms with van der Waals surface area (Å²) in [7, 11) is -2.68. The lowest BCUT2D eigenvalue weighted by molar-refractivity contribution is -0.157. The van der Waals surface area contributed by atoms with Gasteiger partial charge >= 0.3 is 5.97 Å². The van der Waals surface area contributed by atoms with E-state index in [2.05, 4.69) is 10.5 Å². The number of amides is 1. The van der Waals surface area contributed by atoms with Crippen LogP contribution in [0.5, 0.6) is 11.5 Å². The van der Waals surface area contributed by atoms with Gasteiger partial charge in [-0.25, -0.2) is 18.6 Å². The van der Waals surface area contributed by atoms with Crippen molar-refractivity contribution in [1.29, 1.82) is 0 Å². The second-order valence-electron chi connectivity index (χ2n) is 9.73. The van der Waals surface area contributed by atoms with E-state index in [1.807, 2.05) is 6.92 Å². The molecule has 0 aliphatic rings. The van der Waals surface area contributed by atoms with E-state index in [0.29, 0.717) is 17.1 Å². The van der Waals surface area contributed by atoms with Crippen LogP contribution < -0.4 is 19.2 Å². The highest BCUT2D eigenvalue weighted by molar-refractivity contribution is 7.92. The van der Waals surface area contributed by atoms with Crippen LogP contribution in [-0.4, -0.2) is 52.4 Å². The first-order valence-corrected chi connectivity index (χ1v) is 13.8.